The molecule has 2 bridgehead atoms. The van der Waals surface area contributed by atoms with E-state index in [0.29, 0.717) is 6.42 Å². The molecule has 3 saturated carbocycles. The summed E-state index contributed by atoms with van der Waals surface area (Å²) >= 11 is 0. The molecular weight excluding hydrogens is 420 g/mol. The van der Waals surface area contributed by atoms with Crippen molar-refractivity contribution in [3.63, 3.8) is 0 Å². The van der Waals surface area contributed by atoms with Crippen molar-refractivity contribution in [2.45, 2.75) is 72.0 Å². The van der Waals surface area contributed by atoms with Gasteiger partial charge in [0.2, 0.25) is 0 Å². The van der Waals surface area contributed by atoms with E-state index in [2.05, 4.69) is 37.5 Å². The van der Waals surface area contributed by atoms with Gasteiger partial charge in [0.1, 0.15) is 17.5 Å². The summed E-state index contributed by atoms with van der Waals surface area (Å²) in [6, 6.07) is 1.37. The zero-order valence-corrected chi connectivity index (χ0v) is 20.3. The van der Waals surface area contributed by atoms with Crippen molar-refractivity contribution in [3.8, 4) is 0 Å². The second kappa shape index (κ2) is 8.19. The zero-order valence-electron chi connectivity index (χ0n) is 20.3. The summed E-state index contributed by atoms with van der Waals surface area (Å²) in [6.07, 6.45) is 6.55. The number of hydrogen-bond donors (Lipinski definition) is 1. The number of Topliss-reactive ketones (excluding diaryl/α,β-unsaturated/α-hetero) is 1. The maximum atomic E-state index is 13.9. The number of ether oxygens (including phenoxy) is 2. The minimum Gasteiger partial charge on any atom is -0.458 e. The van der Waals surface area contributed by atoms with Gasteiger partial charge in [-0.25, -0.2) is 9.89 Å². The van der Waals surface area contributed by atoms with Gasteiger partial charge in [0.25, 0.3) is 5.56 Å². The molecule has 0 aliphatic heterocycles. The fourth-order valence-corrected chi connectivity index (χ4v) is 7.49. The van der Waals surface area contributed by atoms with Gasteiger partial charge in [-0.05, 0) is 50.0 Å². The number of esters is 1. The first-order valence-corrected chi connectivity index (χ1v) is 12.0. The SMILES string of the molecule is C=C[C@]1(C)C[C@@H](OC(=O)c2ccn[nH]c2=O)[C@@]2(C)C3C(OC)CCC3(CC[C@H]2C)[C@@H](C)C1=O. The van der Waals surface area contributed by atoms with Gasteiger partial charge in [-0.3, -0.25) is 9.59 Å². The number of H-pyrrole nitrogens is 1. The monoisotopic (exact) mass is 456 g/mol. The molecule has 0 amide bonds. The quantitative estimate of drug-likeness (QED) is 0.544. The number of carbonyl (C=O) groups is 2. The van der Waals surface area contributed by atoms with Gasteiger partial charge in [0, 0.05) is 42.4 Å². The number of nitrogens with one attached hydrogen (secondary N) is 1. The summed E-state index contributed by atoms with van der Waals surface area (Å²) in [5.74, 6) is -0.363. The van der Waals surface area contributed by atoms with Gasteiger partial charge in [0.05, 0.1) is 6.10 Å². The molecule has 8 atom stereocenters. The lowest BCUT2D eigenvalue weighted by molar-refractivity contribution is -0.189. The molecule has 0 radical (unpaired) electrons. The second-order valence-electron chi connectivity index (χ2n) is 10.9. The minimum atomic E-state index is -0.837. The number of carbonyl (C=O) groups excluding carboxylic acids is 2. The Bertz CT molecular complexity index is 1020. The highest BCUT2D eigenvalue weighted by Gasteiger charge is 2.68. The number of ketones is 1. The molecule has 0 aromatic carbocycles. The topological polar surface area (TPSA) is 98.3 Å². The maximum Gasteiger partial charge on any atom is 0.344 e. The second-order valence-corrected chi connectivity index (χ2v) is 10.9. The molecule has 3 aliphatic rings. The molecule has 1 aromatic heterocycles. The Morgan fingerprint density at radius 3 is 2.58 bits per heavy atom. The van der Waals surface area contributed by atoms with E-state index in [1.807, 2.05) is 6.92 Å². The predicted octanol–water partition coefficient (Wildman–Crippen LogP) is 3.94. The molecule has 3 aliphatic carbocycles. The van der Waals surface area contributed by atoms with Crippen LogP contribution in [0.3, 0.4) is 0 Å². The van der Waals surface area contributed by atoms with E-state index in [4.69, 9.17) is 9.47 Å². The minimum absolute atomic E-state index is 0.00776. The van der Waals surface area contributed by atoms with Crippen LogP contribution in [0.5, 0.6) is 0 Å². The number of hydrogen-bond acceptors (Lipinski definition) is 6. The summed E-state index contributed by atoms with van der Waals surface area (Å²) in [5.41, 5.74) is -2.14. The van der Waals surface area contributed by atoms with Crippen LogP contribution in [-0.4, -0.2) is 41.3 Å². The highest BCUT2D eigenvalue weighted by atomic mass is 16.5. The molecule has 180 valence electrons. The van der Waals surface area contributed by atoms with Crippen molar-refractivity contribution in [1.29, 1.82) is 0 Å². The zero-order chi connectivity index (χ0) is 24.2. The lowest BCUT2D eigenvalue weighted by Gasteiger charge is -2.61. The van der Waals surface area contributed by atoms with Crippen LogP contribution in [0.1, 0.15) is 70.2 Å². The van der Waals surface area contributed by atoms with Gasteiger partial charge in [0.15, 0.2) is 0 Å². The summed E-state index contributed by atoms with van der Waals surface area (Å²) in [4.78, 5) is 39.4. The molecule has 4 rings (SSSR count). The number of nitrogens with zero attached hydrogens (tertiary/aromatic N) is 1. The van der Waals surface area contributed by atoms with Crippen molar-refractivity contribution in [2.75, 3.05) is 7.11 Å². The molecule has 3 fully saturated rings. The van der Waals surface area contributed by atoms with Gasteiger partial charge in [-0.15, -0.1) is 6.58 Å². The number of rotatable bonds is 4. The molecule has 7 heteroatoms. The third kappa shape index (κ3) is 3.34. The summed E-state index contributed by atoms with van der Waals surface area (Å²) in [6.45, 7) is 12.4. The molecule has 1 heterocycles. The fourth-order valence-electron chi connectivity index (χ4n) is 7.49. The van der Waals surface area contributed by atoms with Gasteiger partial charge >= 0.3 is 5.97 Å². The number of allylic oxidation sites excluding steroid dienone is 1. The number of methoxy groups -OCH3 is 1. The van der Waals surface area contributed by atoms with Crippen LogP contribution in [0, 0.1) is 34.0 Å². The summed E-state index contributed by atoms with van der Waals surface area (Å²) in [5, 5.41) is 5.97. The Morgan fingerprint density at radius 2 is 1.94 bits per heavy atom. The van der Waals surface area contributed by atoms with Crippen molar-refractivity contribution in [1.82, 2.24) is 10.2 Å². The van der Waals surface area contributed by atoms with E-state index >= 15 is 0 Å². The van der Waals surface area contributed by atoms with Crippen LogP contribution in [0.15, 0.2) is 29.7 Å². The lowest BCUT2D eigenvalue weighted by Crippen LogP contribution is -2.63. The van der Waals surface area contributed by atoms with Crippen LogP contribution in [-0.2, 0) is 14.3 Å². The fraction of sp³-hybridized carbons (Fsp3) is 0.692. The van der Waals surface area contributed by atoms with Crippen LogP contribution in [0.25, 0.3) is 0 Å². The first-order chi connectivity index (χ1) is 15.5. The smallest absolute Gasteiger partial charge is 0.344 e. The largest absolute Gasteiger partial charge is 0.458 e. The van der Waals surface area contributed by atoms with Crippen LogP contribution < -0.4 is 5.56 Å². The number of aromatic amines is 1. The van der Waals surface area contributed by atoms with E-state index in [0.717, 1.165) is 25.7 Å². The summed E-state index contributed by atoms with van der Waals surface area (Å²) < 4.78 is 12.2. The standard InChI is InChI=1S/C26H36N2O5/c1-7-24(4)14-19(33-23(31)17-10-13-27-28-22(17)30)25(5)15(2)8-11-26(16(3)21(24)29)12-9-18(32-6)20(25)26/h7,10,13,15-16,18-20H,1,8-9,11-12,14H2,2-6H3,(H,28,30)/t15-,16+,18?,19-,20?,24-,25+,26?/m1/s1. The first kappa shape index (κ1) is 23.9. The molecule has 1 N–H and O–H groups in total. The molecule has 3 unspecified atom stereocenters. The Balaban J connectivity index is 1.88. The Kier molecular flexibility index (Phi) is 5.92. The average Bonchev–Trinajstić information content (AvgIpc) is 3.20. The highest BCUT2D eigenvalue weighted by Crippen LogP contribution is 2.68. The predicted molar refractivity (Wildman–Crippen MR) is 124 cm³/mol. The van der Waals surface area contributed by atoms with E-state index in [1.54, 1.807) is 13.2 Å². The first-order valence-electron chi connectivity index (χ1n) is 12.0. The molecule has 0 saturated heterocycles. The van der Waals surface area contributed by atoms with E-state index < -0.39 is 28.5 Å². The van der Waals surface area contributed by atoms with Gasteiger partial charge in [-0.2, -0.15) is 5.10 Å². The van der Waals surface area contributed by atoms with Crippen molar-refractivity contribution >= 4 is 11.8 Å². The molecule has 7 nitrogen and oxygen atoms in total. The van der Waals surface area contributed by atoms with Crippen LogP contribution in [0.4, 0.5) is 0 Å². The van der Waals surface area contributed by atoms with Crippen LogP contribution >= 0.6 is 0 Å². The molecule has 33 heavy (non-hydrogen) atoms. The molecule has 0 spiro atoms. The Labute approximate surface area is 195 Å². The Hall–Kier alpha value is -2.28. The van der Waals surface area contributed by atoms with Crippen molar-refractivity contribution < 1.29 is 19.1 Å². The van der Waals surface area contributed by atoms with E-state index in [1.165, 1.54) is 12.3 Å². The maximum absolute atomic E-state index is 13.9. The van der Waals surface area contributed by atoms with Crippen LogP contribution in [0.2, 0.25) is 0 Å². The number of aromatic nitrogens is 2. The van der Waals surface area contributed by atoms with Crippen molar-refractivity contribution in [2.24, 2.45) is 34.0 Å². The normalized spacial score (nSPS) is 42.7. The van der Waals surface area contributed by atoms with Crippen molar-refractivity contribution in [3.05, 3.63) is 40.8 Å². The van der Waals surface area contributed by atoms with E-state index in [-0.39, 0.29) is 40.6 Å². The third-order valence-corrected chi connectivity index (χ3v) is 9.73. The van der Waals surface area contributed by atoms with Gasteiger partial charge < -0.3 is 9.47 Å². The van der Waals surface area contributed by atoms with Gasteiger partial charge in [-0.1, -0.05) is 26.8 Å². The summed E-state index contributed by atoms with van der Waals surface area (Å²) in [7, 11) is 1.74. The molecular formula is C26H36N2O5. The highest BCUT2D eigenvalue weighted by molar-refractivity contribution is 5.90. The molecule has 1 aromatic rings. The Morgan fingerprint density at radius 1 is 1.24 bits per heavy atom. The average molecular weight is 457 g/mol. The van der Waals surface area contributed by atoms with E-state index in [9.17, 15) is 14.4 Å². The lowest BCUT2D eigenvalue weighted by atomic mass is 9.44. The third-order valence-electron chi connectivity index (χ3n) is 9.73.